The number of fused-ring (bicyclic) bond motifs is 2. The highest BCUT2D eigenvalue weighted by atomic mass is 35.7. The maximum atomic E-state index is 12.5. The topological polar surface area (TPSA) is 120 Å². The van der Waals surface area contributed by atoms with Crippen molar-refractivity contribution in [2.24, 2.45) is 5.73 Å². The Morgan fingerprint density at radius 3 is 2.00 bits per heavy atom. The van der Waals surface area contributed by atoms with E-state index in [9.17, 15) is 18.3 Å². The molecule has 0 aliphatic heterocycles. The standard InChI is InChI=1S/C23H19ClN2O6S/c1-31-18-11-13(12-25)22(33(24,29)30)21(32-2)20(18)26-16-9-5-3-7-14(16)19(23(27)28)15-8-4-6-10-17(15)26/h3-11H,12,25H2,1-2H3/p+1. The van der Waals surface area contributed by atoms with Crippen molar-refractivity contribution in [3.8, 4) is 17.2 Å². The van der Waals surface area contributed by atoms with Crippen LogP contribution in [0.2, 0.25) is 0 Å². The molecule has 0 aliphatic rings. The first-order valence-corrected chi connectivity index (χ1v) is 12.1. The molecule has 0 radical (unpaired) electrons. The highest BCUT2D eigenvalue weighted by Crippen LogP contribution is 2.41. The van der Waals surface area contributed by atoms with Crippen molar-refractivity contribution >= 4 is 47.5 Å². The molecule has 1 heterocycles. The first-order chi connectivity index (χ1) is 15.7. The van der Waals surface area contributed by atoms with Crippen molar-refractivity contribution in [1.29, 1.82) is 0 Å². The monoisotopic (exact) mass is 487 g/mol. The molecule has 0 aliphatic carbocycles. The molecule has 3 N–H and O–H groups in total. The Morgan fingerprint density at radius 2 is 1.58 bits per heavy atom. The van der Waals surface area contributed by atoms with Crippen molar-refractivity contribution in [1.82, 2.24) is 0 Å². The van der Waals surface area contributed by atoms with Crippen molar-refractivity contribution < 1.29 is 32.4 Å². The second-order valence-corrected chi connectivity index (χ2v) is 9.64. The molecule has 10 heteroatoms. The van der Waals surface area contributed by atoms with E-state index in [2.05, 4.69) is 0 Å². The molecule has 3 aromatic carbocycles. The Hall–Kier alpha value is -3.40. The third-order valence-electron chi connectivity index (χ3n) is 5.41. The van der Waals surface area contributed by atoms with Gasteiger partial charge in [0.2, 0.25) is 16.8 Å². The minimum absolute atomic E-state index is 0.0619. The molecular weight excluding hydrogens is 468 g/mol. The zero-order valence-corrected chi connectivity index (χ0v) is 19.3. The van der Waals surface area contributed by atoms with Gasteiger partial charge in [-0.25, -0.2) is 13.2 Å². The predicted octanol–water partition coefficient (Wildman–Crippen LogP) is 3.37. The number of carbonyl (C=O) groups is 1. The fraction of sp³-hybridized carbons (Fsp3) is 0.130. The van der Waals surface area contributed by atoms with E-state index < -0.39 is 15.0 Å². The number of rotatable bonds is 6. The molecule has 8 nitrogen and oxygen atoms in total. The smallest absolute Gasteiger partial charge is 0.337 e. The van der Waals surface area contributed by atoms with Crippen LogP contribution in [0.15, 0.2) is 59.5 Å². The second kappa shape index (κ2) is 8.51. The summed E-state index contributed by atoms with van der Waals surface area (Å²) in [5.74, 6) is -0.871. The van der Waals surface area contributed by atoms with Gasteiger partial charge in [-0.05, 0) is 23.8 Å². The van der Waals surface area contributed by atoms with Crippen LogP contribution in [0, 0.1) is 0 Å². The maximum Gasteiger partial charge on any atom is 0.337 e. The molecule has 4 rings (SSSR count). The number of carboxylic acid groups (broad SMARTS) is 1. The zero-order valence-electron chi connectivity index (χ0n) is 17.7. The van der Waals surface area contributed by atoms with E-state index in [1.807, 2.05) is 0 Å². The summed E-state index contributed by atoms with van der Waals surface area (Å²) < 4.78 is 38.0. The van der Waals surface area contributed by atoms with Gasteiger partial charge in [-0.3, -0.25) is 0 Å². The van der Waals surface area contributed by atoms with Gasteiger partial charge in [-0.15, -0.1) is 4.57 Å². The van der Waals surface area contributed by atoms with E-state index in [0.29, 0.717) is 21.8 Å². The quantitative estimate of drug-likeness (QED) is 0.243. The van der Waals surface area contributed by atoms with Gasteiger partial charge in [0, 0.05) is 29.4 Å². The molecule has 0 bridgehead atoms. The van der Waals surface area contributed by atoms with Crippen LogP contribution in [-0.2, 0) is 15.6 Å². The number of halogens is 1. The van der Waals surface area contributed by atoms with Crippen molar-refractivity contribution in [3.05, 3.63) is 65.7 Å². The molecule has 0 saturated heterocycles. The SMILES string of the molecule is COc1cc(CN)c(S(=O)(=O)Cl)c(OC)c1-[n+]1c2ccccc2c(C(=O)O)c2ccccc21. The molecule has 33 heavy (non-hydrogen) atoms. The van der Waals surface area contributed by atoms with Crippen LogP contribution in [0.4, 0.5) is 0 Å². The van der Waals surface area contributed by atoms with Crippen LogP contribution in [-0.4, -0.2) is 33.7 Å². The van der Waals surface area contributed by atoms with Gasteiger partial charge in [0.15, 0.2) is 5.75 Å². The number of hydrogen-bond donors (Lipinski definition) is 2. The number of aromatic carboxylic acids is 1. The fourth-order valence-electron chi connectivity index (χ4n) is 4.14. The van der Waals surface area contributed by atoms with Crippen LogP contribution in [0.3, 0.4) is 0 Å². The van der Waals surface area contributed by atoms with Crippen LogP contribution in [0.25, 0.3) is 27.5 Å². The lowest BCUT2D eigenvalue weighted by Crippen LogP contribution is -2.35. The highest BCUT2D eigenvalue weighted by molar-refractivity contribution is 8.13. The summed E-state index contributed by atoms with van der Waals surface area (Å²) in [6, 6.07) is 15.3. The zero-order chi connectivity index (χ0) is 23.9. The summed E-state index contributed by atoms with van der Waals surface area (Å²) in [5, 5.41) is 10.9. The number of aromatic nitrogens is 1. The van der Waals surface area contributed by atoms with Crippen molar-refractivity contribution in [2.75, 3.05) is 14.2 Å². The number of hydrogen-bond acceptors (Lipinski definition) is 6. The minimum atomic E-state index is -4.27. The molecule has 0 atom stereocenters. The van der Waals surface area contributed by atoms with Gasteiger partial charge in [-0.2, -0.15) is 0 Å². The first kappa shape index (κ1) is 22.8. The van der Waals surface area contributed by atoms with E-state index >= 15 is 0 Å². The molecule has 0 unspecified atom stereocenters. The number of benzene rings is 3. The Balaban J connectivity index is 2.35. The molecule has 1 aromatic heterocycles. The fourth-order valence-corrected chi connectivity index (χ4v) is 5.50. The van der Waals surface area contributed by atoms with E-state index in [4.69, 9.17) is 25.9 Å². The molecule has 0 amide bonds. The van der Waals surface area contributed by atoms with Crippen LogP contribution >= 0.6 is 10.7 Å². The third-order valence-corrected chi connectivity index (χ3v) is 6.80. The van der Waals surface area contributed by atoms with Gasteiger partial charge in [0.05, 0.1) is 30.6 Å². The summed E-state index contributed by atoms with van der Waals surface area (Å²) in [5.41, 5.74) is 7.41. The minimum Gasteiger partial charge on any atom is -0.490 e. The average Bonchev–Trinajstić information content (AvgIpc) is 2.80. The number of nitrogens with two attached hydrogens (primary N) is 1. The largest absolute Gasteiger partial charge is 0.490 e. The lowest BCUT2D eigenvalue weighted by molar-refractivity contribution is -0.539. The summed E-state index contributed by atoms with van der Waals surface area (Å²) in [6.45, 7) is -0.127. The van der Waals surface area contributed by atoms with Gasteiger partial charge >= 0.3 is 5.97 Å². The van der Waals surface area contributed by atoms with Gasteiger partial charge in [0.25, 0.3) is 14.7 Å². The third kappa shape index (κ3) is 3.64. The lowest BCUT2D eigenvalue weighted by atomic mass is 10.0. The average molecular weight is 488 g/mol. The number of pyridine rings is 1. The van der Waals surface area contributed by atoms with Crippen LogP contribution < -0.4 is 19.8 Å². The number of ether oxygens (including phenoxy) is 2. The normalized spacial score (nSPS) is 11.6. The molecule has 0 spiro atoms. The molecule has 170 valence electrons. The second-order valence-electron chi connectivity index (χ2n) is 7.14. The van der Waals surface area contributed by atoms with Gasteiger partial charge in [0.1, 0.15) is 4.90 Å². The summed E-state index contributed by atoms with van der Waals surface area (Å²) in [4.78, 5) is 12.0. The Morgan fingerprint density at radius 1 is 1.03 bits per heavy atom. The van der Waals surface area contributed by atoms with Crippen molar-refractivity contribution in [2.45, 2.75) is 11.4 Å². The Kier molecular flexibility index (Phi) is 5.87. The van der Waals surface area contributed by atoms with Crippen LogP contribution in [0.5, 0.6) is 11.5 Å². The number of nitrogens with zero attached hydrogens (tertiary/aromatic N) is 1. The molecular formula is C23H20ClN2O6S+. The number of carboxylic acids is 1. The number of methoxy groups -OCH3 is 2. The molecule has 4 aromatic rings. The Bertz CT molecular complexity index is 1480. The van der Waals surface area contributed by atoms with Gasteiger partial charge in [-0.1, -0.05) is 24.3 Å². The number of para-hydroxylation sites is 2. The van der Waals surface area contributed by atoms with E-state index in [0.717, 1.165) is 0 Å². The first-order valence-electron chi connectivity index (χ1n) is 9.76. The maximum absolute atomic E-state index is 12.5. The molecule has 0 saturated carbocycles. The van der Waals surface area contributed by atoms with E-state index in [1.54, 1.807) is 53.1 Å². The van der Waals surface area contributed by atoms with E-state index in [-0.39, 0.29) is 39.8 Å². The van der Waals surface area contributed by atoms with Crippen molar-refractivity contribution in [3.63, 3.8) is 0 Å². The predicted molar refractivity (Wildman–Crippen MR) is 124 cm³/mol. The lowest BCUT2D eigenvalue weighted by Gasteiger charge is -2.17. The summed E-state index contributed by atoms with van der Waals surface area (Å²) >= 11 is 0. The van der Waals surface area contributed by atoms with E-state index in [1.165, 1.54) is 20.3 Å². The van der Waals surface area contributed by atoms with Gasteiger partial charge < -0.3 is 20.3 Å². The molecule has 0 fully saturated rings. The summed E-state index contributed by atoms with van der Waals surface area (Å²) in [6.07, 6.45) is 0. The highest BCUT2D eigenvalue weighted by Gasteiger charge is 2.36. The van der Waals surface area contributed by atoms with Crippen LogP contribution in [0.1, 0.15) is 15.9 Å². The summed E-state index contributed by atoms with van der Waals surface area (Å²) in [7, 11) is 4.28. The Labute approximate surface area is 194 Å².